The van der Waals surface area contributed by atoms with Crippen LogP contribution in [0.3, 0.4) is 0 Å². The lowest BCUT2D eigenvalue weighted by Gasteiger charge is -2.51. The first-order valence-electron chi connectivity index (χ1n) is 45.3. The lowest BCUT2D eigenvalue weighted by atomic mass is 9.88. The second-order valence-electron chi connectivity index (χ2n) is 36.0. The topological polar surface area (TPSA) is 1000 Å². The minimum atomic E-state index is -3.11. The van der Waals surface area contributed by atoms with E-state index in [0.29, 0.717) is 0 Å². The van der Waals surface area contributed by atoms with Gasteiger partial charge >= 0.3 is 5.97 Å². The summed E-state index contributed by atoms with van der Waals surface area (Å²) in [5.74, 6) is -10.1. The number of nitrogens with one attached hydrogen (secondary N) is 5. The molecule has 11 heterocycles. The van der Waals surface area contributed by atoms with Gasteiger partial charge < -0.3 is 289 Å². The summed E-state index contributed by atoms with van der Waals surface area (Å²) in [6.07, 6.45) is -110. The van der Waals surface area contributed by atoms with Gasteiger partial charge in [0.05, 0.1) is 84.8 Å². The van der Waals surface area contributed by atoms with Crippen molar-refractivity contribution in [3.8, 4) is 0 Å². The minimum absolute atomic E-state index is 0.855. The van der Waals surface area contributed by atoms with Crippen LogP contribution >= 0.6 is 0 Å². The number of ether oxygens (including phenoxy) is 21. The van der Waals surface area contributed by atoms with Gasteiger partial charge in [-0.25, -0.2) is 4.79 Å². The van der Waals surface area contributed by atoms with Crippen molar-refractivity contribution in [2.24, 2.45) is 0 Å². The Kier molecular flexibility index (Phi) is 42.3. The maximum atomic E-state index is 13.4. The number of aliphatic hydroxyl groups excluding tert-OH is 31. The summed E-state index contributed by atoms with van der Waals surface area (Å²) >= 11 is 0. The molecule has 11 fully saturated rings. The summed E-state index contributed by atoms with van der Waals surface area (Å²) in [4.78, 5) is 78.1. The molecule has 11 saturated heterocycles. The zero-order chi connectivity index (χ0) is 106. The maximum Gasteiger partial charge on any atom is 0.364 e. The molecule has 0 bridgehead atoms. The minimum Gasteiger partial charge on any atom is -0.477 e. The largest absolute Gasteiger partial charge is 0.477 e. The van der Waals surface area contributed by atoms with Crippen molar-refractivity contribution in [3.05, 3.63) is 0 Å². The summed E-state index contributed by atoms with van der Waals surface area (Å²) in [7, 11) is 0. The van der Waals surface area contributed by atoms with Crippen LogP contribution in [0.2, 0.25) is 0 Å². The van der Waals surface area contributed by atoms with Gasteiger partial charge in [-0.1, -0.05) is 0 Å². The first kappa shape index (κ1) is 118. The zero-order valence-corrected chi connectivity index (χ0v) is 76.6. The van der Waals surface area contributed by atoms with E-state index in [0.717, 1.165) is 34.6 Å². The van der Waals surface area contributed by atoms with Gasteiger partial charge in [-0.3, -0.25) is 24.0 Å². The number of carboxylic acids is 1. The highest BCUT2D eigenvalue weighted by atomic mass is 16.8. The Morgan fingerprint density at radius 3 is 0.937 bits per heavy atom. The Morgan fingerprint density at radius 2 is 0.566 bits per heavy atom. The molecule has 56 atom stereocenters. The number of hydrogen-bond donors (Lipinski definition) is 37. The van der Waals surface area contributed by atoms with Crippen LogP contribution in [0.15, 0.2) is 0 Å². The lowest BCUT2D eigenvalue weighted by Crippen LogP contribution is -2.70. The molecule has 0 aromatic heterocycles. The predicted molar refractivity (Wildman–Crippen MR) is 438 cm³/mol. The first-order valence-corrected chi connectivity index (χ1v) is 45.3. The number of rotatable bonds is 39. The highest BCUT2D eigenvalue weighted by Crippen LogP contribution is 2.43. The van der Waals surface area contributed by atoms with Crippen molar-refractivity contribution in [3.63, 3.8) is 0 Å². The summed E-state index contributed by atoms with van der Waals surface area (Å²) in [5.41, 5.74) is 0. The van der Waals surface area contributed by atoms with E-state index in [1.807, 2.05) is 0 Å². The molecule has 11 aliphatic rings. The average molecular weight is 2090 g/mol. The molecule has 0 spiro atoms. The summed E-state index contributed by atoms with van der Waals surface area (Å²) in [6.45, 7) is -8.35. The second kappa shape index (κ2) is 51.2. The Hall–Kier alpha value is -5.26. The molecule has 0 unspecified atom stereocenters. The third kappa shape index (κ3) is 26.4. The number of carbonyl (C=O) groups excluding carboxylic acids is 5. The van der Waals surface area contributed by atoms with Gasteiger partial charge in [0, 0.05) is 41.0 Å². The Labute approximate surface area is 808 Å². The van der Waals surface area contributed by atoms with Crippen LogP contribution in [0.1, 0.15) is 41.0 Å². The number of carboxylic acid groups (broad SMARTS) is 1. The zero-order valence-electron chi connectivity index (χ0n) is 76.6. The highest BCUT2D eigenvalue weighted by molar-refractivity contribution is 5.77. The number of aliphatic carboxylic acids is 1. The molecule has 0 saturated carbocycles. The van der Waals surface area contributed by atoms with Crippen LogP contribution in [0.25, 0.3) is 0 Å². The van der Waals surface area contributed by atoms with Gasteiger partial charge in [-0.2, -0.15) is 0 Å². The SMILES string of the molecule is CC(=O)N[C@H]1[C@H](OC[C@H]2O[C@@H](O[C@H]3[C@H](O)[C@@H](NC(C)=O)[C@H](OC[C@H]4O[C@@H](O[C@H]5[C@H](O)[C@@H](O)[C@H](O)O[C@@H]5CO)[C@H](O)[C@@H](O[C@@H]5O[C@H](CO)[C@@H](O)[C@H](O[C@@H]6O[C@H](CO)[C@H](O)[C@H](O)[C@H]6O)[C@H]5NC(C)=O)[C@H]4O)O[C@@H]3CO)[C@H](O)[C@@H](O[C@@H]3O[C@H](CO)[C@@H](O[C@@H]4O[C@H](CO)[C@H](O)[C@H](O)[C@H]4O)[C@H](O)[C@H]3NC(C)=O)[C@H]2O)O[C@H](CO)[C@@H](O[C@@H]2O[C@H](CO[C@]3(C(=O)O)C[C@H](O)[C@@H](NC(C)=O)[C@H]([C@H](O)[C@H](O)CO)O3)[C@H](O)[C@H](O)[C@H]2O)[C@@H]1O. The van der Waals surface area contributed by atoms with Crippen molar-refractivity contribution in [2.45, 2.75) is 384 Å². The molecular formula is C79H131N5O59. The standard InChI is InChI=1S/C79H131N5O59/c1-18(93)80-35-23(98)6-79(78(121)122,143-65(35)40(100)24(99)7-85)125-17-34-43(103)52(112)57(117)75(135-34)137-60-29(12-90)130-69(36(47(60)107)81-19(2)94)123-15-32-45(105)66(141-71-38(83-21(4)96)49(109)62(31(14-92)132-71)136-73-55(115)50(110)41(101)25(8-86)128-73)58(118)76(133-32)138-61-30(13-91)131-70(37(48(61)108)82-20(3)95)124-16-33-46(106)67(59(119)77(134-33)139-63-28(11-89)126-68(120)54(114)53(63)113)142-72-39(84-22(5)97)64(44(104)27(10-88)127-72)140-74-56(116)51(111)42(102)26(9-87)129-74/h23-77,85-92,98-120H,6-17H2,1-5H3,(H,80,93)(H,81,94)(H,82,95)(H,83,96)(H,84,97)(H,121,122)/t23-,24+,25+,26+,27+,28+,29+,30+,31+,32+,33+,34+,35+,36+,37+,38+,39+,40+,41-,42-,43-,44+,45-,46-,47+,48+,49+,50-,51-,52-,53+,54+,55+,56+,57+,58+,59+,60+,61+,62+,63+,64+,65+,66-,67-,68+,69+,70+,71-,72-,73-,74-,75-,76-,77-,79+/m0/s1. The van der Waals surface area contributed by atoms with E-state index in [-0.39, 0.29) is 0 Å². The molecule has 37 N–H and O–H groups in total. The molecule has 64 nitrogen and oxygen atoms in total. The molecule has 11 rings (SSSR count). The van der Waals surface area contributed by atoms with Gasteiger partial charge in [0.15, 0.2) is 62.9 Å². The van der Waals surface area contributed by atoms with Crippen molar-refractivity contribution in [1.82, 2.24) is 26.6 Å². The van der Waals surface area contributed by atoms with E-state index in [1.54, 1.807) is 0 Å². The summed E-state index contributed by atoms with van der Waals surface area (Å²) < 4.78 is 124. The Balaban J connectivity index is 0.880. The second-order valence-corrected chi connectivity index (χ2v) is 36.0. The summed E-state index contributed by atoms with van der Waals surface area (Å²) in [6, 6.07) is -9.78. The molecular weight excluding hydrogens is 1960 g/mol. The molecule has 64 heteroatoms. The fraction of sp³-hybridized carbons (Fsp3) is 0.924. The van der Waals surface area contributed by atoms with Crippen molar-refractivity contribution < 1.29 is 292 Å². The molecule has 0 aliphatic carbocycles. The Morgan fingerprint density at radius 1 is 0.287 bits per heavy atom. The van der Waals surface area contributed by atoms with E-state index >= 15 is 0 Å². The van der Waals surface area contributed by atoms with Gasteiger partial charge in [0.2, 0.25) is 29.5 Å². The van der Waals surface area contributed by atoms with Crippen molar-refractivity contribution >= 4 is 35.5 Å². The van der Waals surface area contributed by atoms with Crippen molar-refractivity contribution in [2.75, 3.05) is 72.7 Å². The number of amides is 5. The molecule has 5 amide bonds. The highest BCUT2D eigenvalue weighted by Gasteiger charge is 2.64. The smallest absolute Gasteiger partial charge is 0.364 e. The molecule has 0 radical (unpaired) electrons. The van der Waals surface area contributed by atoms with Crippen LogP contribution in [0, 0.1) is 0 Å². The van der Waals surface area contributed by atoms with Crippen LogP contribution < -0.4 is 26.6 Å². The van der Waals surface area contributed by atoms with E-state index in [2.05, 4.69) is 26.6 Å². The quantitative estimate of drug-likeness (QED) is 0.0272. The number of hydrogen-bond acceptors (Lipinski definition) is 58. The maximum absolute atomic E-state index is 13.4. The molecule has 0 aromatic rings. The molecule has 143 heavy (non-hydrogen) atoms. The van der Waals surface area contributed by atoms with Crippen LogP contribution in [-0.2, 0) is 128 Å². The summed E-state index contributed by atoms with van der Waals surface area (Å²) in [5, 5.41) is 368. The van der Waals surface area contributed by atoms with E-state index in [1.165, 1.54) is 0 Å². The van der Waals surface area contributed by atoms with Gasteiger partial charge in [-0.05, 0) is 0 Å². The number of aliphatic hydroxyl groups is 31. The van der Waals surface area contributed by atoms with Gasteiger partial charge in [0.25, 0.3) is 5.79 Å². The molecule has 826 valence electrons. The normalized spacial score (nSPS) is 47.8. The monoisotopic (exact) mass is 2090 g/mol. The third-order valence-corrected chi connectivity index (χ3v) is 25.9. The first-order chi connectivity index (χ1) is 67.5. The average Bonchev–Trinajstić information content (AvgIpc) is 0.735. The van der Waals surface area contributed by atoms with Crippen LogP contribution in [-0.4, -0.2) is 615 Å². The van der Waals surface area contributed by atoms with Gasteiger partial charge in [0.1, 0.15) is 262 Å². The fourth-order valence-electron chi connectivity index (χ4n) is 18.3. The van der Waals surface area contributed by atoms with Crippen LogP contribution in [0.4, 0.5) is 0 Å². The lowest BCUT2D eigenvalue weighted by molar-refractivity contribution is -0.386. The molecule has 11 aliphatic heterocycles. The van der Waals surface area contributed by atoms with E-state index in [9.17, 15) is 192 Å². The molecule has 0 aromatic carbocycles. The predicted octanol–water partition coefficient (Wildman–Crippen LogP) is -25.1. The third-order valence-electron chi connectivity index (χ3n) is 25.9. The number of carbonyl (C=O) groups is 6. The van der Waals surface area contributed by atoms with E-state index in [4.69, 9.17) is 99.5 Å². The Bertz CT molecular complexity index is 4030. The fourth-order valence-corrected chi connectivity index (χ4v) is 18.3. The van der Waals surface area contributed by atoms with Gasteiger partial charge in [-0.15, -0.1) is 0 Å². The van der Waals surface area contributed by atoms with Crippen molar-refractivity contribution in [1.29, 1.82) is 0 Å². The van der Waals surface area contributed by atoms with Crippen LogP contribution in [0.5, 0.6) is 0 Å². The van der Waals surface area contributed by atoms with E-state index < -0.39 is 458 Å².